The Morgan fingerprint density at radius 1 is 1.47 bits per heavy atom. The van der Waals surface area contributed by atoms with Gasteiger partial charge in [-0.15, -0.1) is 23.4 Å². The minimum absolute atomic E-state index is 0.175. The van der Waals surface area contributed by atoms with Gasteiger partial charge in [-0.3, -0.25) is 0 Å². The zero-order valence-corrected chi connectivity index (χ0v) is 10.8. The zero-order valence-electron chi connectivity index (χ0n) is 9.20. The van der Waals surface area contributed by atoms with Crippen LogP contribution in [0.5, 0.6) is 0 Å². The molecule has 1 rings (SSSR count). The lowest BCUT2D eigenvalue weighted by Gasteiger charge is -2.15. The number of hydrogen-bond donors (Lipinski definition) is 1. The number of thioether (sulfide) groups is 1. The molecule has 0 aliphatic carbocycles. The van der Waals surface area contributed by atoms with Crippen LogP contribution < -0.4 is 5.32 Å². The second-order valence-corrected chi connectivity index (χ2v) is 5.08. The summed E-state index contributed by atoms with van der Waals surface area (Å²) in [6, 6.07) is 2.27. The summed E-state index contributed by atoms with van der Waals surface area (Å²) in [6.07, 6.45) is 4.49. The van der Waals surface area contributed by atoms with Crippen LogP contribution in [0.25, 0.3) is 0 Å². The molecular formula is C10H16ClN3S. The van der Waals surface area contributed by atoms with Crippen molar-refractivity contribution in [1.29, 1.82) is 0 Å². The van der Waals surface area contributed by atoms with Gasteiger partial charge in [0.2, 0.25) is 0 Å². The van der Waals surface area contributed by atoms with E-state index in [2.05, 4.69) is 22.2 Å². The molecule has 0 amide bonds. The minimum atomic E-state index is 0.175. The summed E-state index contributed by atoms with van der Waals surface area (Å²) in [5.74, 6) is 0.860. The standard InChI is InChI=1S/C10H16ClN3S/c1-7(11)4-8(2)14-9-5-10(15-3)13-6-12-9/h5-8H,4H2,1-3H3,(H,12,13,14). The molecule has 0 aromatic carbocycles. The van der Waals surface area contributed by atoms with Crippen molar-refractivity contribution < 1.29 is 0 Å². The van der Waals surface area contributed by atoms with E-state index in [1.54, 1.807) is 18.1 Å². The van der Waals surface area contributed by atoms with Crippen molar-refractivity contribution in [2.24, 2.45) is 0 Å². The van der Waals surface area contributed by atoms with Gasteiger partial charge in [-0.1, -0.05) is 0 Å². The summed E-state index contributed by atoms with van der Waals surface area (Å²) in [5, 5.41) is 4.45. The van der Waals surface area contributed by atoms with E-state index in [0.29, 0.717) is 6.04 Å². The fraction of sp³-hybridized carbons (Fsp3) is 0.600. The molecule has 15 heavy (non-hydrogen) atoms. The number of alkyl halides is 1. The smallest absolute Gasteiger partial charge is 0.130 e. The SMILES string of the molecule is CSc1cc(NC(C)CC(C)Cl)ncn1. The first kappa shape index (κ1) is 12.6. The lowest BCUT2D eigenvalue weighted by Crippen LogP contribution is -2.19. The first-order valence-electron chi connectivity index (χ1n) is 4.88. The Bertz CT molecular complexity index is 306. The summed E-state index contributed by atoms with van der Waals surface area (Å²) < 4.78 is 0. The average Bonchev–Trinajstić information content (AvgIpc) is 2.16. The third-order valence-corrected chi connectivity index (χ3v) is 2.74. The summed E-state index contributed by atoms with van der Waals surface area (Å²) in [5.41, 5.74) is 0. The van der Waals surface area contributed by atoms with Gasteiger partial charge in [0.1, 0.15) is 17.2 Å². The predicted octanol–water partition coefficient (Wildman–Crippen LogP) is 3.02. The summed E-state index contributed by atoms with van der Waals surface area (Å²) in [4.78, 5) is 8.27. The quantitative estimate of drug-likeness (QED) is 0.492. The highest BCUT2D eigenvalue weighted by Crippen LogP contribution is 2.15. The Labute approximate surface area is 100 Å². The van der Waals surface area contributed by atoms with Gasteiger partial charge < -0.3 is 5.32 Å². The van der Waals surface area contributed by atoms with Crippen molar-refractivity contribution in [3.8, 4) is 0 Å². The number of rotatable bonds is 5. The van der Waals surface area contributed by atoms with Crippen molar-refractivity contribution in [2.75, 3.05) is 11.6 Å². The lowest BCUT2D eigenvalue weighted by atomic mass is 10.2. The van der Waals surface area contributed by atoms with Crippen LogP contribution in [0, 0.1) is 0 Å². The van der Waals surface area contributed by atoms with Gasteiger partial charge in [-0.05, 0) is 26.5 Å². The predicted molar refractivity (Wildman–Crippen MR) is 66.8 cm³/mol. The van der Waals surface area contributed by atoms with Gasteiger partial charge in [0.25, 0.3) is 0 Å². The second-order valence-electron chi connectivity index (χ2n) is 3.51. The topological polar surface area (TPSA) is 37.8 Å². The molecule has 0 spiro atoms. The number of hydrogen-bond acceptors (Lipinski definition) is 4. The van der Waals surface area contributed by atoms with E-state index >= 15 is 0 Å². The molecule has 0 saturated carbocycles. The van der Waals surface area contributed by atoms with E-state index in [0.717, 1.165) is 17.3 Å². The first-order valence-corrected chi connectivity index (χ1v) is 6.54. The molecule has 1 aromatic rings. The van der Waals surface area contributed by atoms with Crippen LogP contribution in [-0.4, -0.2) is 27.6 Å². The number of aromatic nitrogens is 2. The van der Waals surface area contributed by atoms with Crippen molar-refractivity contribution in [3.63, 3.8) is 0 Å². The number of anilines is 1. The highest BCUT2D eigenvalue weighted by atomic mass is 35.5. The maximum atomic E-state index is 5.92. The Morgan fingerprint density at radius 3 is 2.80 bits per heavy atom. The fourth-order valence-corrected chi connectivity index (χ4v) is 1.98. The van der Waals surface area contributed by atoms with Crippen LogP contribution in [0.3, 0.4) is 0 Å². The summed E-state index contributed by atoms with van der Waals surface area (Å²) in [7, 11) is 0. The molecule has 0 bridgehead atoms. The molecule has 0 saturated heterocycles. The molecule has 3 nitrogen and oxygen atoms in total. The summed E-state index contributed by atoms with van der Waals surface area (Å²) >= 11 is 7.53. The molecule has 1 N–H and O–H groups in total. The largest absolute Gasteiger partial charge is 0.367 e. The van der Waals surface area contributed by atoms with Crippen molar-refractivity contribution in [3.05, 3.63) is 12.4 Å². The molecule has 5 heteroatoms. The highest BCUT2D eigenvalue weighted by molar-refractivity contribution is 7.98. The third kappa shape index (κ3) is 4.71. The minimum Gasteiger partial charge on any atom is -0.367 e. The van der Waals surface area contributed by atoms with E-state index in [-0.39, 0.29) is 5.38 Å². The van der Waals surface area contributed by atoms with Crippen LogP contribution in [0.2, 0.25) is 0 Å². The average molecular weight is 246 g/mol. The molecule has 1 heterocycles. The van der Waals surface area contributed by atoms with E-state index in [9.17, 15) is 0 Å². The first-order chi connectivity index (χ1) is 7.11. The normalized spacial score (nSPS) is 14.7. The fourth-order valence-electron chi connectivity index (χ4n) is 1.33. The number of halogens is 1. The van der Waals surface area contributed by atoms with Crippen molar-refractivity contribution >= 4 is 29.2 Å². The molecule has 1 aromatic heterocycles. The van der Waals surface area contributed by atoms with Gasteiger partial charge in [0.15, 0.2) is 0 Å². The summed E-state index contributed by atoms with van der Waals surface area (Å²) in [6.45, 7) is 4.09. The van der Waals surface area contributed by atoms with Crippen molar-refractivity contribution in [1.82, 2.24) is 9.97 Å². The Kier molecular flexibility index (Phi) is 5.19. The second kappa shape index (κ2) is 6.18. The number of nitrogens with one attached hydrogen (secondary N) is 1. The van der Waals surface area contributed by atoms with Crippen LogP contribution in [-0.2, 0) is 0 Å². The van der Waals surface area contributed by atoms with Gasteiger partial charge in [0.05, 0.1) is 0 Å². The molecule has 84 valence electrons. The van der Waals surface area contributed by atoms with Gasteiger partial charge in [-0.2, -0.15) is 0 Å². The maximum absolute atomic E-state index is 5.92. The maximum Gasteiger partial charge on any atom is 0.130 e. The van der Waals surface area contributed by atoms with Crippen molar-refractivity contribution in [2.45, 2.75) is 36.7 Å². The Hall–Kier alpha value is -0.480. The Balaban J connectivity index is 2.55. The van der Waals surface area contributed by atoms with Crippen LogP contribution >= 0.6 is 23.4 Å². The molecule has 2 unspecified atom stereocenters. The van der Waals surface area contributed by atoms with E-state index in [4.69, 9.17) is 11.6 Å². The van der Waals surface area contributed by atoms with Gasteiger partial charge in [-0.25, -0.2) is 9.97 Å². The highest BCUT2D eigenvalue weighted by Gasteiger charge is 2.07. The van der Waals surface area contributed by atoms with Crippen LogP contribution in [0.15, 0.2) is 17.4 Å². The molecule has 0 aliphatic rings. The molecule has 0 radical (unpaired) electrons. The van der Waals surface area contributed by atoms with Crippen LogP contribution in [0.4, 0.5) is 5.82 Å². The van der Waals surface area contributed by atoms with E-state index in [1.165, 1.54) is 0 Å². The molecule has 2 atom stereocenters. The van der Waals surface area contributed by atoms with Gasteiger partial charge >= 0.3 is 0 Å². The molecular weight excluding hydrogens is 230 g/mol. The van der Waals surface area contributed by atoms with Gasteiger partial charge in [0, 0.05) is 17.5 Å². The lowest BCUT2D eigenvalue weighted by molar-refractivity contribution is 0.692. The Morgan fingerprint density at radius 2 is 2.20 bits per heavy atom. The van der Waals surface area contributed by atoms with Crippen LogP contribution in [0.1, 0.15) is 20.3 Å². The monoisotopic (exact) mass is 245 g/mol. The molecule has 0 aliphatic heterocycles. The van der Waals surface area contributed by atoms with E-state index in [1.807, 2.05) is 19.2 Å². The van der Waals surface area contributed by atoms with E-state index < -0.39 is 0 Å². The number of nitrogens with zero attached hydrogens (tertiary/aromatic N) is 2. The zero-order chi connectivity index (χ0) is 11.3. The third-order valence-electron chi connectivity index (χ3n) is 1.92. The molecule has 0 fully saturated rings.